The summed E-state index contributed by atoms with van der Waals surface area (Å²) in [5, 5.41) is 43.2. The number of ether oxygens (including phenoxy) is 3. The Morgan fingerprint density at radius 1 is 0.418 bits per heavy atom. The Labute approximate surface area is 537 Å². The standard InChI is InChI=1S/C20H23FN2O2.C20H25N3O2.C20H25N3O.C14H20N2O/c2*21-17-6-8-18(9-7-17)25-13-12-22-19-10-11-20(24,15-23-19)14-16-4-2-1-3-5-16;21-18-7-9-19(10-8-18)24-13-12-22-20-11-6-17(15-23-20)14-16-4-2-1-3-5-16;17-9-8-15-14-7-6-13(11-16-14)10-12-4-2-1-3-5-12/h1-9,24H,10-15H2,(H,22,23);1-9,24H,10-15,21H2,(H,22,23);1-5,7-10,17H,6,11-15,21H2,(H,22,23);1-5,13,17H,6-11H2,(H,15,16). The van der Waals surface area contributed by atoms with Crippen LogP contribution in [0.2, 0.25) is 0 Å². The number of aliphatic hydroxyl groups excluding tert-OH is 1. The van der Waals surface area contributed by atoms with E-state index >= 15 is 0 Å². The molecule has 0 spiro atoms. The summed E-state index contributed by atoms with van der Waals surface area (Å²) in [6.45, 7) is 7.16. The summed E-state index contributed by atoms with van der Waals surface area (Å²) in [5.74, 6) is 7.36. The van der Waals surface area contributed by atoms with Gasteiger partial charge in [-0.15, -0.1) is 0 Å². The first kappa shape index (κ1) is 68.1. The second-order valence-electron chi connectivity index (χ2n) is 23.6. The molecule has 0 aromatic heterocycles. The SMILES string of the molecule is Nc1ccc(OCCNC2=NCC(Cc3ccccc3)CC2)cc1.Nc1ccc(OCCNC2=NCC(O)(Cc3ccccc3)CC2)cc1.OC1(Cc2ccccc2)CCC(NCCOc2ccc(F)cc2)=NC1.OCCNC1=NCC(Cc2ccccc2)CC1. The number of amidine groups is 4. The zero-order chi connectivity index (χ0) is 63.6. The van der Waals surface area contributed by atoms with E-state index in [1.807, 2.05) is 109 Å². The summed E-state index contributed by atoms with van der Waals surface area (Å²) in [5.41, 5.74) is 16.4. The lowest BCUT2D eigenvalue weighted by Gasteiger charge is -2.31. The van der Waals surface area contributed by atoms with Crippen molar-refractivity contribution in [3.8, 4) is 17.2 Å². The molecule has 4 unspecified atom stereocenters. The van der Waals surface area contributed by atoms with Crippen molar-refractivity contribution < 1.29 is 33.9 Å². The molecule has 91 heavy (non-hydrogen) atoms. The largest absolute Gasteiger partial charge is 0.492 e. The van der Waals surface area contributed by atoms with Gasteiger partial charge in [0.05, 0.1) is 73.9 Å². The molecule has 11 rings (SSSR count). The van der Waals surface area contributed by atoms with Crippen LogP contribution in [0, 0.1) is 17.7 Å². The maximum absolute atomic E-state index is 12.8. The number of hydrogen-bond acceptors (Lipinski definition) is 16. The number of benzene rings is 7. The van der Waals surface area contributed by atoms with Gasteiger partial charge in [-0.25, -0.2) is 4.39 Å². The third-order valence-corrected chi connectivity index (χ3v) is 16.0. The van der Waals surface area contributed by atoms with Crippen LogP contribution < -0.4 is 46.9 Å². The van der Waals surface area contributed by atoms with Gasteiger partial charge < -0.3 is 62.3 Å². The van der Waals surface area contributed by atoms with Crippen molar-refractivity contribution in [2.75, 3.05) is 90.3 Å². The highest BCUT2D eigenvalue weighted by Crippen LogP contribution is 2.26. The first-order valence-electron chi connectivity index (χ1n) is 32.1. The average Bonchev–Trinajstić information content (AvgIpc) is 2.67. The van der Waals surface area contributed by atoms with Crippen LogP contribution in [0.1, 0.15) is 73.6 Å². The van der Waals surface area contributed by atoms with Crippen molar-refractivity contribution >= 4 is 34.7 Å². The highest BCUT2D eigenvalue weighted by Gasteiger charge is 2.32. The van der Waals surface area contributed by atoms with Crippen LogP contribution in [-0.2, 0) is 25.7 Å². The van der Waals surface area contributed by atoms with Gasteiger partial charge in [-0.05, 0) is 145 Å². The second kappa shape index (κ2) is 37.4. The summed E-state index contributed by atoms with van der Waals surface area (Å²) in [6, 6.07) is 62.2. The molecule has 11 N–H and O–H groups in total. The Balaban J connectivity index is 0.000000158. The van der Waals surface area contributed by atoms with E-state index in [0.29, 0.717) is 95.8 Å². The van der Waals surface area contributed by atoms with Crippen LogP contribution in [-0.4, -0.2) is 129 Å². The van der Waals surface area contributed by atoms with Gasteiger partial charge in [0.2, 0.25) is 0 Å². The molecular formula is C74H93FN10O6. The van der Waals surface area contributed by atoms with Crippen molar-refractivity contribution in [2.24, 2.45) is 31.8 Å². The fraction of sp³-hybridized carbons (Fsp3) is 0.378. The molecule has 0 amide bonds. The monoisotopic (exact) mass is 1240 g/mol. The summed E-state index contributed by atoms with van der Waals surface area (Å²) < 4.78 is 29.7. The maximum Gasteiger partial charge on any atom is 0.123 e. The maximum atomic E-state index is 12.8. The molecule has 0 saturated carbocycles. The molecule has 16 nitrogen and oxygen atoms in total. The smallest absolute Gasteiger partial charge is 0.123 e. The predicted octanol–water partition coefficient (Wildman–Crippen LogP) is 10.3. The Morgan fingerprint density at radius 2 is 0.747 bits per heavy atom. The fourth-order valence-corrected chi connectivity index (χ4v) is 11.0. The van der Waals surface area contributed by atoms with Crippen molar-refractivity contribution in [2.45, 2.75) is 88.3 Å². The van der Waals surface area contributed by atoms with Crippen molar-refractivity contribution in [1.29, 1.82) is 0 Å². The minimum Gasteiger partial charge on any atom is -0.492 e. The first-order chi connectivity index (χ1) is 44.4. The number of anilines is 2. The Morgan fingerprint density at radius 3 is 1.07 bits per heavy atom. The van der Waals surface area contributed by atoms with Gasteiger partial charge in [0.25, 0.3) is 0 Å². The lowest BCUT2D eigenvalue weighted by atomic mass is 9.88. The fourth-order valence-electron chi connectivity index (χ4n) is 11.0. The number of aliphatic imine (C=N–C) groups is 4. The second-order valence-corrected chi connectivity index (χ2v) is 23.6. The van der Waals surface area contributed by atoms with Crippen molar-refractivity contribution in [3.63, 3.8) is 0 Å². The van der Waals surface area contributed by atoms with E-state index < -0.39 is 11.2 Å². The average molecular weight is 1240 g/mol. The van der Waals surface area contributed by atoms with E-state index in [1.165, 1.54) is 36.1 Å². The number of nitrogens with zero attached hydrogens (tertiary/aromatic N) is 4. The zero-order valence-electron chi connectivity index (χ0n) is 52.5. The van der Waals surface area contributed by atoms with E-state index in [4.69, 9.17) is 35.8 Å². The number of nitrogen functional groups attached to an aromatic ring is 2. The van der Waals surface area contributed by atoms with Gasteiger partial charge in [0.1, 0.15) is 42.9 Å². The topological polar surface area (TPSA) is 238 Å². The molecule has 7 aromatic carbocycles. The Hall–Kier alpha value is -8.77. The quantitative estimate of drug-likeness (QED) is 0.0228. The Bertz CT molecular complexity index is 3170. The van der Waals surface area contributed by atoms with Gasteiger partial charge in [-0.1, -0.05) is 121 Å². The summed E-state index contributed by atoms with van der Waals surface area (Å²) >= 11 is 0. The molecule has 0 saturated heterocycles. The molecular weight excluding hydrogens is 1140 g/mol. The lowest BCUT2D eigenvalue weighted by molar-refractivity contribution is 0.0384. The van der Waals surface area contributed by atoms with E-state index in [-0.39, 0.29) is 12.4 Å². The van der Waals surface area contributed by atoms with Gasteiger partial charge in [-0.2, -0.15) is 0 Å². The van der Waals surface area contributed by atoms with Gasteiger partial charge in [-0.3, -0.25) is 20.0 Å². The van der Waals surface area contributed by atoms with Crippen LogP contribution in [0.25, 0.3) is 0 Å². The van der Waals surface area contributed by atoms with E-state index in [1.54, 1.807) is 12.1 Å². The van der Waals surface area contributed by atoms with E-state index in [9.17, 15) is 14.6 Å². The summed E-state index contributed by atoms with van der Waals surface area (Å²) in [4.78, 5) is 18.2. The highest BCUT2D eigenvalue weighted by molar-refractivity contribution is 5.84. The molecule has 17 heteroatoms. The highest BCUT2D eigenvalue weighted by atomic mass is 19.1. The van der Waals surface area contributed by atoms with Gasteiger partial charge >= 0.3 is 0 Å². The van der Waals surface area contributed by atoms with Gasteiger partial charge in [0, 0.05) is 69.5 Å². The molecule has 4 aliphatic rings. The molecule has 7 aromatic rings. The van der Waals surface area contributed by atoms with Crippen LogP contribution in [0.5, 0.6) is 17.2 Å². The van der Waals surface area contributed by atoms with Crippen LogP contribution in [0.3, 0.4) is 0 Å². The number of nitrogens with two attached hydrogens (primary N) is 2. The molecule has 0 radical (unpaired) electrons. The van der Waals surface area contributed by atoms with E-state index in [2.05, 4.69) is 96.9 Å². The third kappa shape index (κ3) is 25.9. The number of rotatable bonds is 22. The molecule has 0 fully saturated rings. The number of aliphatic hydroxyl groups is 3. The van der Waals surface area contributed by atoms with Crippen molar-refractivity contribution in [1.82, 2.24) is 21.3 Å². The number of nitrogens with one attached hydrogen (secondary N) is 4. The minimum atomic E-state index is -0.767. The van der Waals surface area contributed by atoms with Crippen LogP contribution in [0.4, 0.5) is 15.8 Å². The predicted molar refractivity (Wildman–Crippen MR) is 367 cm³/mol. The third-order valence-electron chi connectivity index (χ3n) is 16.0. The molecule has 4 aliphatic heterocycles. The summed E-state index contributed by atoms with van der Waals surface area (Å²) in [6.07, 6.45) is 10.8. The molecule has 4 atom stereocenters. The minimum absolute atomic E-state index is 0.173. The van der Waals surface area contributed by atoms with E-state index in [0.717, 1.165) is 116 Å². The Kier molecular flexibility index (Phi) is 28.0. The summed E-state index contributed by atoms with van der Waals surface area (Å²) in [7, 11) is 0. The normalized spacial score (nSPS) is 19.2. The zero-order valence-corrected chi connectivity index (χ0v) is 52.5. The lowest BCUT2D eigenvalue weighted by Crippen LogP contribution is -2.42. The molecule has 0 aliphatic carbocycles. The number of hydrogen-bond donors (Lipinski definition) is 9. The molecule has 4 heterocycles. The van der Waals surface area contributed by atoms with Gasteiger partial charge in [0.15, 0.2) is 0 Å². The van der Waals surface area contributed by atoms with Crippen LogP contribution >= 0.6 is 0 Å². The van der Waals surface area contributed by atoms with Crippen molar-refractivity contribution in [3.05, 3.63) is 222 Å². The number of halogens is 1. The molecule has 0 bridgehead atoms. The first-order valence-corrected chi connectivity index (χ1v) is 32.1. The van der Waals surface area contributed by atoms with Crippen LogP contribution in [0.15, 0.2) is 214 Å². The molecule has 482 valence electrons.